The first-order valence-corrected chi connectivity index (χ1v) is 7.57. The van der Waals surface area contributed by atoms with Crippen molar-refractivity contribution in [3.63, 3.8) is 0 Å². The molecule has 2 aromatic heterocycles. The minimum atomic E-state index is -1.04. The summed E-state index contributed by atoms with van der Waals surface area (Å²) in [6.07, 6.45) is 4.43. The van der Waals surface area contributed by atoms with Gasteiger partial charge in [-0.2, -0.15) is 4.68 Å². The van der Waals surface area contributed by atoms with Crippen LogP contribution in [0.25, 0.3) is 5.13 Å². The number of carboxylic acid groups (broad SMARTS) is 1. The third-order valence-electron chi connectivity index (χ3n) is 3.47. The predicted molar refractivity (Wildman–Crippen MR) is 74.7 cm³/mol. The molecule has 2 aromatic rings. The first-order chi connectivity index (χ1) is 9.58. The Kier molecular flexibility index (Phi) is 3.29. The summed E-state index contributed by atoms with van der Waals surface area (Å²) in [6.45, 7) is 3.88. The van der Waals surface area contributed by atoms with Gasteiger partial charge in [-0.05, 0) is 31.6 Å². The Hall–Kier alpha value is -1.76. The summed E-state index contributed by atoms with van der Waals surface area (Å²) >= 11 is 1.60. The summed E-state index contributed by atoms with van der Waals surface area (Å²) in [4.78, 5) is 17.2. The minimum absolute atomic E-state index is 0.0215. The van der Waals surface area contributed by atoms with Crippen molar-refractivity contribution >= 4 is 17.3 Å². The maximum Gasteiger partial charge on any atom is 0.358 e. The molecule has 7 heteroatoms. The summed E-state index contributed by atoms with van der Waals surface area (Å²) in [5, 5.41) is 17.7. The maximum atomic E-state index is 11.2. The quantitative estimate of drug-likeness (QED) is 0.939. The Morgan fingerprint density at radius 1 is 1.35 bits per heavy atom. The second kappa shape index (κ2) is 4.97. The number of aromatic nitrogens is 4. The van der Waals surface area contributed by atoms with Gasteiger partial charge in [0.25, 0.3) is 0 Å². The largest absolute Gasteiger partial charge is 0.476 e. The van der Waals surface area contributed by atoms with E-state index in [1.165, 1.54) is 17.7 Å². The lowest BCUT2D eigenvalue weighted by Gasteiger charge is -2.06. The second-order valence-corrected chi connectivity index (χ2v) is 6.33. The molecule has 0 saturated heterocycles. The zero-order chi connectivity index (χ0) is 14.3. The molecule has 1 aliphatic carbocycles. The molecule has 0 unspecified atom stereocenters. The number of carboxylic acids is 1. The molecule has 0 fully saturated rings. The molecule has 0 spiro atoms. The van der Waals surface area contributed by atoms with Crippen molar-refractivity contribution in [3.05, 3.63) is 22.0 Å². The van der Waals surface area contributed by atoms with Crippen molar-refractivity contribution in [3.8, 4) is 5.13 Å². The number of carbonyl (C=O) groups is 1. The topological polar surface area (TPSA) is 80.9 Å². The molecule has 3 rings (SSSR count). The predicted octanol–water partition coefficient (Wildman–Crippen LogP) is 2.42. The highest BCUT2D eigenvalue weighted by molar-refractivity contribution is 7.14. The van der Waals surface area contributed by atoms with Crippen molar-refractivity contribution in [2.75, 3.05) is 0 Å². The molecular formula is C13H16N4O2S. The van der Waals surface area contributed by atoms with E-state index in [9.17, 15) is 9.90 Å². The van der Waals surface area contributed by atoms with E-state index in [2.05, 4.69) is 15.3 Å². The van der Waals surface area contributed by atoms with Crippen LogP contribution in [0.5, 0.6) is 0 Å². The Morgan fingerprint density at radius 3 is 2.75 bits per heavy atom. The van der Waals surface area contributed by atoms with E-state index in [1.54, 1.807) is 16.0 Å². The second-order valence-electron chi connectivity index (χ2n) is 5.27. The summed E-state index contributed by atoms with van der Waals surface area (Å²) in [6, 6.07) is 0. The lowest BCUT2D eigenvalue weighted by Crippen LogP contribution is -2.08. The van der Waals surface area contributed by atoms with Crippen LogP contribution in [0.4, 0.5) is 0 Å². The van der Waals surface area contributed by atoms with E-state index in [4.69, 9.17) is 0 Å². The van der Waals surface area contributed by atoms with Crippen LogP contribution < -0.4 is 0 Å². The Balaban J connectivity index is 2.10. The number of nitrogens with zero attached hydrogens (tertiary/aromatic N) is 4. The van der Waals surface area contributed by atoms with E-state index >= 15 is 0 Å². The van der Waals surface area contributed by atoms with Gasteiger partial charge in [-0.25, -0.2) is 9.78 Å². The lowest BCUT2D eigenvalue weighted by atomic mass is 10.0. The Morgan fingerprint density at radius 2 is 2.10 bits per heavy atom. The van der Waals surface area contributed by atoms with Gasteiger partial charge >= 0.3 is 5.97 Å². The molecule has 0 aromatic carbocycles. The summed E-state index contributed by atoms with van der Waals surface area (Å²) < 4.78 is 1.59. The molecule has 2 heterocycles. The molecule has 106 valence electrons. The number of aryl methyl sites for hydroxylation is 2. The van der Waals surface area contributed by atoms with E-state index in [1.807, 2.05) is 13.8 Å². The number of hydrogen-bond donors (Lipinski definition) is 1. The monoisotopic (exact) mass is 292 g/mol. The molecule has 0 bridgehead atoms. The average Bonchev–Trinajstić information content (AvgIpc) is 3.02. The highest BCUT2D eigenvalue weighted by Crippen LogP contribution is 2.30. The molecule has 6 nitrogen and oxygen atoms in total. The van der Waals surface area contributed by atoms with Crippen molar-refractivity contribution in [1.82, 2.24) is 20.0 Å². The van der Waals surface area contributed by atoms with Gasteiger partial charge in [-0.15, -0.1) is 5.10 Å². The lowest BCUT2D eigenvalue weighted by molar-refractivity contribution is 0.0688. The number of thiazole rings is 1. The molecule has 0 aliphatic heterocycles. The minimum Gasteiger partial charge on any atom is -0.476 e. The zero-order valence-electron chi connectivity index (χ0n) is 11.5. The van der Waals surface area contributed by atoms with Crippen LogP contribution in [-0.2, 0) is 12.8 Å². The summed E-state index contributed by atoms with van der Waals surface area (Å²) in [5.74, 6) is -1.02. The van der Waals surface area contributed by atoms with Gasteiger partial charge in [0.1, 0.15) is 0 Å². The standard InChI is InChI=1S/C13H16N4O2S/c1-7(2)11-10(12(18)19)15-16-17(11)13-14-8-5-3-4-6-9(8)20-13/h7H,3-6H2,1-2H3,(H,18,19). The van der Waals surface area contributed by atoms with Gasteiger partial charge in [0, 0.05) is 4.88 Å². The van der Waals surface area contributed by atoms with Gasteiger partial charge in [-0.3, -0.25) is 0 Å². The molecule has 20 heavy (non-hydrogen) atoms. The van der Waals surface area contributed by atoms with Crippen LogP contribution in [0.15, 0.2) is 0 Å². The molecular weight excluding hydrogens is 276 g/mol. The van der Waals surface area contributed by atoms with Crippen LogP contribution in [0.2, 0.25) is 0 Å². The van der Waals surface area contributed by atoms with Gasteiger partial charge in [0.15, 0.2) is 5.69 Å². The van der Waals surface area contributed by atoms with Crippen molar-refractivity contribution < 1.29 is 9.90 Å². The first-order valence-electron chi connectivity index (χ1n) is 6.75. The SMILES string of the molecule is CC(C)c1c(C(=O)O)nnn1-c1nc2c(s1)CCCC2. The Bertz CT molecular complexity index is 636. The molecule has 0 atom stereocenters. The van der Waals surface area contributed by atoms with E-state index < -0.39 is 5.97 Å². The molecule has 1 N–H and O–H groups in total. The van der Waals surface area contributed by atoms with Crippen molar-refractivity contribution in [2.24, 2.45) is 0 Å². The van der Waals surface area contributed by atoms with Crippen molar-refractivity contribution in [1.29, 1.82) is 0 Å². The zero-order valence-corrected chi connectivity index (χ0v) is 12.3. The van der Waals surface area contributed by atoms with Crippen molar-refractivity contribution in [2.45, 2.75) is 45.4 Å². The van der Waals surface area contributed by atoms with Gasteiger partial charge in [0.2, 0.25) is 5.13 Å². The van der Waals surface area contributed by atoms with Gasteiger partial charge in [-0.1, -0.05) is 30.4 Å². The molecule has 0 amide bonds. The van der Waals surface area contributed by atoms with Crippen LogP contribution in [0.3, 0.4) is 0 Å². The smallest absolute Gasteiger partial charge is 0.358 e. The fraction of sp³-hybridized carbons (Fsp3) is 0.538. The van der Waals surface area contributed by atoms with Crippen LogP contribution in [-0.4, -0.2) is 31.1 Å². The highest BCUT2D eigenvalue weighted by atomic mass is 32.1. The first kappa shape index (κ1) is 13.2. The van der Waals surface area contributed by atoms with E-state index in [-0.39, 0.29) is 11.6 Å². The van der Waals surface area contributed by atoms with E-state index in [0.29, 0.717) is 5.69 Å². The third kappa shape index (κ3) is 2.11. The molecule has 0 saturated carbocycles. The fourth-order valence-corrected chi connectivity index (χ4v) is 3.64. The summed E-state index contributed by atoms with van der Waals surface area (Å²) in [5.41, 5.74) is 1.77. The molecule has 1 aliphatic rings. The van der Waals surface area contributed by atoms with Crippen LogP contribution in [0, 0.1) is 0 Å². The number of rotatable bonds is 3. The van der Waals surface area contributed by atoms with Gasteiger partial charge < -0.3 is 5.11 Å². The number of hydrogen-bond acceptors (Lipinski definition) is 5. The number of fused-ring (bicyclic) bond motifs is 1. The highest BCUT2D eigenvalue weighted by Gasteiger charge is 2.25. The summed E-state index contributed by atoms with van der Waals surface area (Å²) in [7, 11) is 0. The van der Waals surface area contributed by atoms with Gasteiger partial charge in [0.05, 0.1) is 11.4 Å². The third-order valence-corrected chi connectivity index (χ3v) is 4.60. The van der Waals surface area contributed by atoms with Crippen LogP contribution >= 0.6 is 11.3 Å². The average molecular weight is 292 g/mol. The van der Waals surface area contributed by atoms with E-state index in [0.717, 1.165) is 23.7 Å². The molecule has 0 radical (unpaired) electrons. The Labute approximate surface area is 120 Å². The number of aromatic carboxylic acids is 1. The van der Waals surface area contributed by atoms with Crippen LogP contribution in [0.1, 0.15) is 59.4 Å². The fourth-order valence-electron chi connectivity index (χ4n) is 2.53. The maximum absolute atomic E-state index is 11.2. The normalized spacial score (nSPS) is 14.6.